The zero-order chi connectivity index (χ0) is 13.0. The van der Waals surface area contributed by atoms with Crippen LogP contribution in [0.15, 0.2) is 0 Å². The zero-order valence-electron chi connectivity index (χ0n) is 9.11. The molecule has 50 valence electrons. The standard InChI is InChI=1S/B15P/c1-10(2)14(9)16(13(7)8)15(11(3)4)12(5)6. The van der Waals surface area contributed by atoms with Gasteiger partial charge in [0.1, 0.15) is 0 Å². The molecule has 16 heteroatoms. The van der Waals surface area contributed by atoms with E-state index in [4.69, 9.17) is 69.6 Å². The Morgan fingerprint density at radius 1 is 0.562 bits per heavy atom. The molecule has 16 heavy (non-hydrogen) atoms. The third-order valence-corrected chi connectivity index (χ3v) is 5.31. The fourth-order valence-corrected chi connectivity index (χ4v) is 3.83. The first-order chi connectivity index (χ1) is 7.20. The SMILES string of the molecule is [B]B([B])B([B])P(B([B])[B])B(B([B])[B])B([B])[B]. The van der Waals surface area contributed by atoms with Gasteiger partial charge in [0.2, 0.25) is 0 Å². The lowest BCUT2D eigenvalue weighted by Crippen LogP contribution is -2.57. The summed E-state index contributed by atoms with van der Waals surface area (Å²) in [7, 11) is 49.3. The summed E-state index contributed by atoms with van der Waals surface area (Å²) in [6.07, 6.45) is -4.19. The van der Waals surface area contributed by atoms with Crippen molar-refractivity contribution >= 4 is 115 Å². The van der Waals surface area contributed by atoms with Crippen molar-refractivity contribution in [1.29, 1.82) is 0 Å². The molecule has 0 aromatic heterocycles. The summed E-state index contributed by atoms with van der Waals surface area (Å²) < 4.78 is 0. The van der Waals surface area contributed by atoms with E-state index in [1.165, 1.54) is 0 Å². The highest BCUT2D eigenvalue weighted by molar-refractivity contribution is 8.51. The fourth-order valence-electron chi connectivity index (χ4n) is 1.45. The summed E-state index contributed by atoms with van der Waals surface area (Å²) in [5, 5.41) is 0. The van der Waals surface area contributed by atoms with E-state index in [1.54, 1.807) is 0 Å². The Bertz CT molecular complexity index is 174. The smallest absolute Gasteiger partial charge is 0.0529 e. The summed E-state index contributed by atoms with van der Waals surface area (Å²) in [5.74, 6) is 0. The quantitative estimate of drug-likeness (QED) is 0.293. The molecule has 0 heterocycles. The van der Waals surface area contributed by atoms with Gasteiger partial charge in [-0.25, -0.2) is 0 Å². The van der Waals surface area contributed by atoms with Gasteiger partial charge in [0.05, 0.1) is 18.6 Å². The molecule has 0 saturated carbocycles. The van der Waals surface area contributed by atoms with E-state index in [0.717, 1.165) is 0 Å². The lowest BCUT2D eigenvalue weighted by Gasteiger charge is -2.40. The molecule has 0 bridgehead atoms. The van der Waals surface area contributed by atoms with Crippen LogP contribution in [0.4, 0.5) is 0 Å². The van der Waals surface area contributed by atoms with Crippen molar-refractivity contribution in [2.45, 2.75) is 0 Å². The predicted octanol–water partition coefficient (Wildman–Crippen LogP) is -4.85. The first kappa shape index (κ1) is 17.4. The molecule has 0 aliphatic rings. The van der Waals surface area contributed by atoms with Crippen molar-refractivity contribution in [1.82, 2.24) is 0 Å². The molecular formula is B15P. The molecule has 1 atom stereocenters. The van der Waals surface area contributed by atoms with E-state index in [1.807, 2.05) is 0 Å². The Morgan fingerprint density at radius 3 is 1.12 bits per heavy atom. The fraction of sp³-hybridized carbons (Fsp3) is 0. The van der Waals surface area contributed by atoms with E-state index in [-0.39, 0.29) is 0 Å². The molecule has 0 aliphatic heterocycles. The summed E-state index contributed by atoms with van der Waals surface area (Å²) in [6.45, 7) is 0. The number of hydrogen-bond donors (Lipinski definition) is 0. The van der Waals surface area contributed by atoms with E-state index < -0.39 is 45.4 Å². The van der Waals surface area contributed by atoms with Crippen LogP contribution in [-0.2, 0) is 0 Å². The van der Waals surface area contributed by atoms with Gasteiger partial charge in [-0.2, -0.15) is 0 Å². The largest absolute Gasteiger partial charge is 0.253 e. The second kappa shape index (κ2) is 7.75. The molecule has 0 N–H and O–H groups in total. The van der Waals surface area contributed by atoms with Crippen LogP contribution in [0.5, 0.6) is 0 Å². The van der Waals surface area contributed by atoms with Crippen LogP contribution < -0.4 is 0 Å². The van der Waals surface area contributed by atoms with E-state index >= 15 is 0 Å². The van der Waals surface area contributed by atoms with Crippen molar-refractivity contribution in [3.8, 4) is 0 Å². The van der Waals surface area contributed by atoms with Gasteiger partial charge < -0.3 is 0 Å². The van der Waals surface area contributed by atoms with Crippen molar-refractivity contribution < 1.29 is 0 Å². The zero-order valence-corrected chi connectivity index (χ0v) is 10.0. The van der Waals surface area contributed by atoms with E-state index in [0.29, 0.717) is 0 Å². The monoisotopic (exact) mass is 196 g/mol. The van der Waals surface area contributed by atoms with Gasteiger partial charge in [-0.3, -0.25) is 7.56 Å². The normalized spacial score (nSPS) is 11.2. The van der Waals surface area contributed by atoms with Gasteiger partial charge in [-0.1, -0.05) is 0 Å². The highest BCUT2D eigenvalue weighted by Crippen LogP contribution is 2.41. The van der Waals surface area contributed by atoms with Gasteiger partial charge in [0.25, 0.3) is 0 Å². The maximum Gasteiger partial charge on any atom is 0.0529 e. The highest BCUT2D eigenvalue weighted by atomic mass is 31.1. The van der Waals surface area contributed by atoms with E-state index in [2.05, 4.69) is 0 Å². The van der Waals surface area contributed by atoms with E-state index in [9.17, 15) is 0 Å². The lowest BCUT2D eigenvalue weighted by molar-refractivity contribution is 3.56. The molecule has 0 aromatic rings. The average molecular weight is 193 g/mol. The molecule has 0 aromatic carbocycles. The minimum Gasteiger partial charge on any atom is -0.253 e. The minimum atomic E-state index is -1.28. The Morgan fingerprint density at radius 2 is 0.938 bits per heavy atom. The molecule has 0 nitrogen and oxygen atoms in total. The maximum absolute atomic E-state index is 5.83. The summed E-state index contributed by atoms with van der Waals surface area (Å²) in [6, 6.07) is 0. The van der Waals surface area contributed by atoms with Crippen LogP contribution in [0.3, 0.4) is 0 Å². The molecule has 0 aliphatic carbocycles. The van der Waals surface area contributed by atoms with Crippen LogP contribution in [0.1, 0.15) is 0 Å². The van der Waals surface area contributed by atoms with Crippen LogP contribution in [0, 0.1) is 0 Å². The second-order valence-corrected chi connectivity index (χ2v) is 6.33. The van der Waals surface area contributed by atoms with Crippen molar-refractivity contribution in [2.24, 2.45) is 0 Å². The highest BCUT2D eigenvalue weighted by Gasteiger charge is 2.36. The Kier molecular flexibility index (Phi) is 8.44. The molecule has 0 amide bonds. The molecule has 18 radical (unpaired) electrons. The first-order valence-corrected chi connectivity index (χ1v) is 6.32. The Hall–Kier alpha value is 1.40. The first-order valence-electron chi connectivity index (χ1n) is 4.77. The number of hydrogen-bond acceptors (Lipinski definition) is 0. The minimum absolute atomic E-state index is 0.500. The summed E-state index contributed by atoms with van der Waals surface area (Å²) >= 11 is 0. The summed E-state index contributed by atoms with van der Waals surface area (Å²) in [4.78, 5) is 0. The maximum atomic E-state index is 5.83. The van der Waals surface area contributed by atoms with Crippen LogP contribution >= 0.6 is 7.56 Å². The van der Waals surface area contributed by atoms with Crippen LogP contribution in [0.2, 0.25) is 0 Å². The van der Waals surface area contributed by atoms with Gasteiger partial charge in [0, 0.05) is 88.8 Å². The molecule has 0 fully saturated rings. The van der Waals surface area contributed by atoms with Crippen LogP contribution in [-0.4, -0.2) is 107 Å². The van der Waals surface area contributed by atoms with Crippen molar-refractivity contribution in [2.75, 3.05) is 0 Å². The molecule has 0 saturated heterocycles. The molecule has 1 unspecified atom stereocenters. The molecule has 0 rings (SSSR count). The predicted molar refractivity (Wildman–Crippen MR) is 93.2 cm³/mol. The Labute approximate surface area is 115 Å². The van der Waals surface area contributed by atoms with Gasteiger partial charge in [0.15, 0.2) is 0 Å². The van der Waals surface area contributed by atoms with Gasteiger partial charge in [-0.15, -0.1) is 0 Å². The topological polar surface area (TPSA) is 0 Å². The van der Waals surface area contributed by atoms with Crippen molar-refractivity contribution in [3.05, 3.63) is 0 Å². The molecule has 0 spiro atoms. The summed E-state index contributed by atoms with van der Waals surface area (Å²) in [5.41, 5.74) is 0. The number of rotatable bonds is 6. The lowest BCUT2D eigenvalue weighted by atomic mass is 8.80. The Balaban J connectivity index is 5.00. The third kappa shape index (κ3) is 4.95. The third-order valence-electron chi connectivity index (χ3n) is 2.22. The average Bonchev–Trinajstić information content (AvgIpc) is 2.10. The van der Waals surface area contributed by atoms with Crippen molar-refractivity contribution in [3.63, 3.8) is 0 Å². The van der Waals surface area contributed by atoms with Gasteiger partial charge in [-0.05, 0) is 0 Å². The van der Waals surface area contributed by atoms with Crippen LogP contribution in [0.25, 0.3) is 0 Å². The second-order valence-electron chi connectivity index (χ2n) is 3.65. The van der Waals surface area contributed by atoms with Gasteiger partial charge >= 0.3 is 0 Å². The molecular weight excluding hydrogens is 193 g/mol.